The predicted octanol–water partition coefficient (Wildman–Crippen LogP) is 2.83. The number of aliphatic hydroxyl groups excluding tert-OH is 1. The van der Waals surface area contributed by atoms with Crippen LogP contribution in [0.25, 0.3) is 0 Å². The third-order valence-corrected chi connectivity index (χ3v) is 3.79. The molecular formula is C15H25NO. The van der Waals surface area contributed by atoms with Gasteiger partial charge in [-0.3, -0.25) is 0 Å². The lowest BCUT2D eigenvalue weighted by Gasteiger charge is -2.29. The molecule has 0 heterocycles. The average molecular weight is 235 g/mol. The van der Waals surface area contributed by atoms with E-state index in [0.717, 1.165) is 12.8 Å². The largest absolute Gasteiger partial charge is 0.392 e. The van der Waals surface area contributed by atoms with E-state index in [0.29, 0.717) is 12.5 Å². The molecule has 0 fully saturated rings. The van der Waals surface area contributed by atoms with Gasteiger partial charge < -0.3 is 10.8 Å². The molecule has 2 unspecified atom stereocenters. The molecule has 0 aliphatic carbocycles. The summed E-state index contributed by atoms with van der Waals surface area (Å²) < 4.78 is 0. The maximum atomic E-state index is 10.5. The molecule has 96 valence electrons. The van der Waals surface area contributed by atoms with E-state index in [1.54, 1.807) is 0 Å². The zero-order valence-electron chi connectivity index (χ0n) is 11.2. The van der Waals surface area contributed by atoms with Crippen LogP contribution in [-0.4, -0.2) is 17.8 Å². The zero-order chi connectivity index (χ0) is 12.8. The van der Waals surface area contributed by atoms with E-state index >= 15 is 0 Å². The number of nitrogens with two attached hydrogens (primary N) is 1. The van der Waals surface area contributed by atoms with Gasteiger partial charge in [-0.05, 0) is 24.0 Å². The maximum Gasteiger partial charge on any atom is 0.0648 e. The smallest absolute Gasteiger partial charge is 0.0648 e. The lowest BCUT2D eigenvalue weighted by molar-refractivity contribution is 0.0778. The van der Waals surface area contributed by atoms with Crippen molar-refractivity contribution in [2.24, 2.45) is 11.7 Å². The third-order valence-electron chi connectivity index (χ3n) is 3.79. The molecule has 1 rings (SSSR count). The summed E-state index contributed by atoms with van der Waals surface area (Å²) in [5.74, 6) is 0.393. The van der Waals surface area contributed by atoms with Gasteiger partial charge in [-0.25, -0.2) is 0 Å². The van der Waals surface area contributed by atoms with E-state index in [9.17, 15) is 5.11 Å². The summed E-state index contributed by atoms with van der Waals surface area (Å²) in [7, 11) is 0. The summed E-state index contributed by atoms with van der Waals surface area (Å²) in [6.07, 6.45) is 1.66. The van der Waals surface area contributed by atoms with Gasteiger partial charge in [0.1, 0.15) is 0 Å². The number of hydrogen-bond donors (Lipinski definition) is 2. The summed E-state index contributed by atoms with van der Waals surface area (Å²) >= 11 is 0. The van der Waals surface area contributed by atoms with Crippen molar-refractivity contribution in [1.82, 2.24) is 0 Å². The second-order valence-electron chi connectivity index (χ2n) is 4.77. The molecule has 2 atom stereocenters. The summed E-state index contributed by atoms with van der Waals surface area (Å²) in [6.45, 7) is 6.84. The van der Waals surface area contributed by atoms with Crippen molar-refractivity contribution < 1.29 is 5.11 Å². The monoisotopic (exact) mass is 235 g/mol. The third kappa shape index (κ3) is 3.30. The van der Waals surface area contributed by atoms with Crippen LogP contribution < -0.4 is 5.73 Å². The normalized spacial score (nSPS) is 14.9. The quantitative estimate of drug-likeness (QED) is 0.796. The van der Waals surface area contributed by atoms with Gasteiger partial charge >= 0.3 is 0 Å². The fourth-order valence-corrected chi connectivity index (χ4v) is 2.55. The number of aryl methyl sites for hydroxylation is 1. The number of aliphatic hydroxyl groups is 1. The molecule has 0 radical (unpaired) electrons. The molecule has 0 aliphatic heterocycles. The second kappa shape index (κ2) is 6.77. The molecule has 0 bridgehead atoms. The minimum atomic E-state index is -0.337. The Bertz CT molecular complexity index is 333. The number of rotatable bonds is 6. The molecule has 17 heavy (non-hydrogen) atoms. The summed E-state index contributed by atoms with van der Waals surface area (Å²) in [5.41, 5.74) is 8.27. The first-order valence-electron chi connectivity index (χ1n) is 6.59. The number of benzene rings is 1. The second-order valence-corrected chi connectivity index (χ2v) is 4.77. The first-order valence-corrected chi connectivity index (χ1v) is 6.59. The van der Waals surface area contributed by atoms with Gasteiger partial charge in [0.25, 0.3) is 0 Å². The SMILES string of the molecule is CCC(CC)C(O)C(CN)c1ccccc1C. The molecule has 0 saturated carbocycles. The Morgan fingerprint density at radius 3 is 2.24 bits per heavy atom. The molecule has 1 aromatic carbocycles. The molecule has 0 saturated heterocycles. The Labute approximate surface area is 105 Å². The Hall–Kier alpha value is -0.860. The zero-order valence-corrected chi connectivity index (χ0v) is 11.2. The summed E-state index contributed by atoms with van der Waals surface area (Å²) in [6, 6.07) is 8.20. The highest BCUT2D eigenvalue weighted by Gasteiger charge is 2.26. The maximum absolute atomic E-state index is 10.5. The minimum Gasteiger partial charge on any atom is -0.392 e. The van der Waals surface area contributed by atoms with Crippen molar-refractivity contribution >= 4 is 0 Å². The van der Waals surface area contributed by atoms with Crippen LogP contribution in [0.5, 0.6) is 0 Å². The molecule has 0 aromatic heterocycles. The highest BCUT2D eigenvalue weighted by Crippen LogP contribution is 2.28. The summed E-state index contributed by atoms with van der Waals surface area (Å²) in [4.78, 5) is 0. The van der Waals surface area contributed by atoms with Crippen molar-refractivity contribution in [2.45, 2.75) is 45.6 Å². The van der Waals surface area contributed by atoms with Crippen molar-refractivity contribution in [3.05, 3.63) is 35.4 Å². The van der Waals surface area contributed by atoms with Crippen molar-refractivity contribution in [2.75, 3.05) is 6.54 Å². The van der Waals surface area contributed by atoms with Crippen LogP contribution in [0.2, 0.25) is 0 Å². The van der Waals surface area contributed by atoms with Crippen molar-refractivity contribution in [3.8, 4) is 0 Å². The van der Waals surface area contributed by atoms with E-state index in [-0.39, 0.29) is 12.0 Å². The standard InChI is InChI=1S/C15H25NO/c1-4-12(5-2)15(17)14(10-16)13-9-7-6-8-11(13)3/h6-9,12,14-15,17H,4-5,10,16H2,1-3H3. The van der Waals surface area contributed by atoms with E-state index in [1.165, 1.54) is 11.1 Å². The van der Waals surface area contributed by atoms with Crippen LogP contribution in [-0.2, 0) is 0 Å². The molecule has 0 aliphatic rings. The molecule has 0 amide bonds. The van der Waals surface area contributed by atoms with Crippen LogP contribution in [0.1, 0.15) is 43.7 Å². The van der Waals surface area contributed by atoms with Crippen molar-refractivity contribution in [1.29, 1.82) is 0 Å². The topological polar surface area (TPSA) is 46.2 Å². The first kappa shape index (κ1) is 14.2. The fourth-order valence-electron chi connectivity index (χ4n) is 2.55. The lowest BCUT2D eigenvalue weighted by atomic mass is 9.82. The molecule has 3 N–H and O–H groups in total. The highest BCUT2D eigenvalue weighted by molar-refractivity contribution is 5.30. The van der Waals surface area contributed by atoms with E-state index < -0.39 is 0 Å². The molecule has 2 heteroatoms. The van der Waals surface area contributed by atoms with Gasteiger partial charge in [-0.15, -0.1) is 0 Å². The average Bonchev–Trinajstić information content (AvgIpc) is 2.34. The van der Waals surface area contributed by atoms with Crippen LogP contribution in [0, 0.1) is 12.8 Å². The van der Waals surface area contributed by atoms with Gasteiger partial charge in [-0.2, -0.15) is 0 Å². The fraction of sp³-hybridized carbons (Fsp3) is 0.600. The van der Waals surface area contributed by atoms with Gasteiger partial charge in [0.2, 0.25) is 0 Å². The number of hydrogen-bond acceptors (Lipinski definition) is 2. The molecule has 1 aromatic rings. The van der Waals surface area contributed by atoms with Gasteiger partial charge in [0, 0.05) is 12.5 Å². The van der Waals surface area contributed by atoms with Gasteiger partial charge in [0.15, 0.2) is 0 Å². The van der Waals surface area contributed by atoms with E-state index in [1.807, 2.05) is 12.1 Å². The Balaban J connectivity index is 2.95. The predicted molar refractivity (Wildman–Crippen MR) is 73.1 cm³/mol. The Kier molecular flexibility index (Phi) is 5.66. The van der Waals surface area contributed by atoms with Gasteiger partial charge in [0.05, 0.1) is 6.10 Å². The van der Waals surface area contributed by atoms with E-state index in [4.69, 9.17) is 5.73 Å². The summed E-state index contributed by atoms with van der Waals surface area (Å²) in [5, 5.41) is 10.5. The van der Waals surface area contributed by atoms with Crippen LogP contribution in [0.15, 0.2) is 24.3 Å². The first-order chi connectivity index (χ1) is 8.15. The van der Waals surface area contributed by atoms with Crippen LogP contribution in [0.3, 0.4) is 0 Å². The van der Waals surface area contributed by atoms with Crippen LogP contribution >= 0.6 is 0 Å². The van der Waals surface area contributed by atoms with Gasteiger partial charge in [-0.1, -0.05) is 51.0 Å². The Morgan fingerprint density at radius 2 is 1.76 bits per heavy atom. The Morgan fingerprint density at radius 1 is 1.18 bits per heavy atom. The van der Waals surface area contributed by atoms with Crippen LogP contribution in [0.4, 0.5) is 0 Å². The lowest BCUT2D eigenvalue weighted by Crippen LogP contribution is -2.32. The molecule has 2 nitrogen and oxygen atoms in total. The van der Waals surface area contributed by atoms with E-state index in [2.05, 4.69) is 32.9 Å². The molecular weight excluding hydrogens is 210 g/mol. The highest BCUT2D eigenvalue weighted by atomic mass is 16.3. The minimum absolute atomic E-state index is 0.0566. The molecule has 0 spiro atoms. The van der Waals surface area contributed by atoms with Crippen molar-refractivity contribution in [3.63, 3.8) is 0 Å².